The fraction of sp³-hybridized carbons (Fsp3) is 0.316. The largest absolute Gasteiger partial charge is 0.355 e. The van der Waals surface area contributed by atoms with Crippen LogP contribution in [-0.4, -0.2) is 51.6 Å². The van der Waals surface area contributed by atoms with E-state index in [-0.39, 0.29) is 5.91 Å². The first kappa shape index (κ1) is 15.6. The molecule has 6 nitrogen and oxygen atoms in total. The van der Waals surface area contributed by atoms with Crippen LogP contribution in [0.2, 0.25) is 0 Å². The molecule has 0 saturated carbocycles. The summed E-state index contributed by atoms with van der Waals surface area (Å²) in [5.41, 5.74) is 1.77. The van der Waals surface area contributed by atoms with Crippen LogP contribution < -0.4 is 4.90 Å². The van der Waals surface area contributed by atoms with Crippen LogP contribution in [0.1, 0.15) is 23.2 Å². The van der Waals surface area contributed by atoms with E-state index in [1.54, 1.807) is 6.33 Å². The van der Waals surface area contributed by atoms with Gasteiger partial charge in [0.2, 0.25) is 0 Å². The highest BCUT2D eigenvalue weighted by Gasteiger charge is 2.27. The van der Waals surface area contributed by atoms with Gasteiger partial charge in [0, 0.05) is 37.9 Å². The maximum Gasteiger partial charge on any atom is 0.253 e. The molecule has 1 amide bonds. The SMILES string of the molecule is CN(c1ncnn2cccc12)C1CCN(C(=O)c2ccccc2)CC1. The van der Waals surface area contributed by atoms with Crippen LogP contribution in [0.5, 0.6) is 0 Å². The van der Waals surface area contributed by atoms with Crippen LogP contribution in [0.3, 0.4) is 0 Å². The van der Waals surface area contributed by atoms with Gasteiger partial charge < -0.3 is 9.80 Å². The number of likely N-dealkylation sites (tertiary alicyclic amines) is 1. The molecule has 1 aliphatic rings. The number of rotatable bonds is 3. The predicted octanol–water partition coefficient (Wildman–Crippen LogP) is 2.47. The first-order chi connectivity index (χ1) is 12.2. The van der Waals surface area contributed by atoms with Crippen molar-refractivity contribution in [2.75, 3.05) is 25.0 Å². The number of hydrogen-bond donors (Lipinski definition) is 0. The van der Waals surface area contributed by atoms with E-state index in [9.17, 15) is 4.79 Å². The average molecular weight is 335 g/mol. The molecule has 128 valence electrons. The third-order valence-corrected chi connectivity index (χ3v) is 4.97. The van der Waals surface area contributed by atoms with E-state index in [4.69, 9.17) is 0 Å². The number of aromatic nitrogens is 3. The number of anilines is 1. The molecule has 25 heavy (non-hydrogen) atoms. The van der Waals surface area contributed by atoms with Gasteiger partial charge in [-0.25, -0.2) is 9.50 Å². The molecular formula is C19H21N5O. The molecule has 3 heterocycles. The van der Waals surface area contributed by atoms with Crippen LogP contribution in [0, 0.1) is 0 Å². The van der Waals surface area contributed by atoms with Crippen LogP contribution in [0.25, 0.3) is 5.52 Å². The van der Waals surface area contributed by atoms with E-state index in [2.05, 4.69) is 22.0 Å². The van der Waals surface area contributed by atoms with Crippen molar-refractivity contribution in [2.24, 2.45) is 0 Å². The molecule has 0 unspecified atom stereocenters. The minimum Gasteiger partial charge on any atom is -0.355 e. The summed E-state index contributed by atoms with van der Waals surface area (Å²) in [5.74, 6) is 1.06. The van der Waals surface area contributed by atoms with Gasteiger partial charge in [0.1, 0.15) is 11.8 Å². The number of carbonyl (C=O) groups excluding carboxylic acids is 1. The third-order valence-electron chi connectivity index (χ3n) is 4.97. The molecule has 0 spiro atoms. The molecule has 0 aliphatic carbocycles. The lowest BCUT2D eigenvalue weighted by atomic mass is 10.0. The standard InChI is InChI=1S/C19H21N5O/c1-22(18-17-8-5-11-24(17)21-14-20-18)16-9-12-23(13-10-16)19(25)15-6-3-2-4-7-15/h2-8,11,14,16H,9-10,12-13H2,1H3. The first-order valence-electron chi connectivity index (χ1n) is 8.59. The Bertz CT molecular complexity index is 868. The molecule has 0 atom stereocenters. The summed E-state index contributed by atoms with van der Waals surface area (Å²) in [6.45, 7) is 1.54. The number of amides is 1. The number of carbonyl (C=O) groups is 1. The molecule has 0 radical (unpaired) electrons. The van der Waals surface area contributed by atoms with Gasteiger partial charge in [0.05, 0.1) is 0 Å². The monoisotopic (exact) mass is 335 g/mol. The molecule has 2 aromatic heterocycles. The van der Waals surface area contributed by atoms with Crippen molar-refractivity contribution in [1.82, 2.24) is 19.5 Å². The summed E-state index contributed by atoms with van der Waals surface area (Å²) in [5, 5.41) is 4.22. The van der Waals surface area contributed by atoms with Gasteiger partial charge in [0.15, 0.2) is 5.82 Å². The first-order valence-corrected chi connectivity index (χ1v) is 8.59. The maximum absolute atomic E-state index is 12.6. The molecule has 1 saturated heterocycles. The van der Waals surface area contributed by atoms with Crippen molar-refractivity contribution in [2.45, 2.75) is 18.9 Å². The number of benzene rings is 1. The summed E-state index contributed by atoms with van der Waals surface area (Å²) in [6, 6.07) is 13.9. The van der Waals surface area contributed by atoms with Gasteiger partial charge >= 0.3 is 0 Å². The molecule has 6 heteroatoms. The van der Waals surface area contributed by atoms with E-state index in [1.807, 2.05) is 58.1 Å². The summed E-state index contributed by atoms with van der Waals surface area (Å²) in [4.78, 5) is 21.2. The minimum atomic E-state index is 0.123. The van der Waals surface area contributed by atoms with E-state index in [0.29, 0.717) is 6.04 Å². The van der Waals surface area contributed by atoms with Gasteiger partial charge in [-0.3, -0.25) is 4.79 Å². The van der Waals surface area contributed by atoms with Gasteiger partial charge in [-0.05, 0) is 37.1 Å². The fourth-order valence-corrected chi connectivity index (χ4v) is 3.52. The van der Waals surface area contributed by atoms with Crippen molar-refractivity contribution in [3.05, 3.63) is 60.6 Å². The Balaban J connectivity index is 1.45. The second-order valence-electron chi connectivity index (χ2n) is 6.42. The van der Waals surface area contributed by atoms with Crippen molar-refractivity contribution in [1.29, 1.82) is 0 Å². The Kier molecular flexibility index (Phi) is 4.09. The Labute approximate surface area is 146 Å². The minimum absolute atomic E-state index is 0.123. The molecule has 4 rings (SSSR count). The van der Waals surface area contributed by atoms with Crippen molar-refractivity contribution >= 4 is 17.2 Å². The number of nitrogens with zero attached hydrogens (tertiary/aromatic N) is 5. The van der Waals surface area contributed by atoms with Crippen molar-refractivity contribution in [3.8, 4) is 0 Å². The smallest absolute Gasteiger partial charge is 0.253 e. The third kappa shape index (κ3) is 2.95. The zero-order valence-corrected chi connectivity index (χ0v) is 14.2. The van der Waals surface area contributed by atoms with Crippen LogP contribution in [-0.2, 0) is 0 Å². The van der Waals surface area contributed by atoms with Gasteiger partial charge in [-0.2, -0.15) is 5.10 Å². The molecule has 1 aliphatic heterocycles. The zero-order chi connectivity index (χ0) is 17.2. The topological polar surface area (TPSA) is 53.7 Å². The van der Waals surface area contributed by atoms with E-state index in [0.717, 1.165) is 42.8 Å². The molecule has 3 aromatic rings. The van der Waals surface area contributed by atoms with E-state index in [1.165, 1.54) is 0 Å². The lowest BCUT2D eigenvalue weighted by molar-refractivity contribution is 0.0713. The zero-order valence-electron chi connectivity index (χ0n) is 14.2. The quantitative estimate of drug-likeness (QED) is 0.738. The Morgan fingerprint density at radius 2 is 1.88 bits per heavy atom. The van der Waals surface area contributed by atoms with E-state index < -0.39 is 0 Å². The normalized spacial score (nSPS) is 15.5. The Morgan fingerprint density at radius 1 is 1.12 bits per heavy atom. The maximum atomic E-state index is 12.6. The summed E-state index contributed by atoms with van der Waals surface area (Å²) in [7, 11) is 2.08. The number of hydrogen-bond acceptors (Lipinski definition) is 4. The summed E-state index contributed by atoms with van der Waals surface area (Å²) >= 11 is 0. The average Bonchev–Trinajstić information content (AvgIpc) is 3.16. The molecule has 1 aromatic carbocycles. The number of fused-ring (bicyclic) bond motifs is 1. The highest BCUT2D eigenvalue weighted by atomic mass is 16.2. The molecule has 0 bridgehead atoms. The lowest BCUT2D eigenvalue weighted by Crippen LogP contribution is -2.46. The summed E-state index contributed by atoms with van der Waals surface area (Å²) in [6.07, 6.45) is 5.39. The predicted molar refractivity (Wildman–Crippen MR) is 96.8 cm³/mol. The fourth-order valence-electron chi connectivity index (χ4n) is 3.52. The van der Waals surface area contributed by atoms with Gasteiger partial charge in [0.25, 0.3) is 5.91 Å². The summed E-state index contributed by atoms with van der Waals surface area (Å²) < 4.78 is 1.84. The lowest BCUT2D eigenvalue weighted by Gasteiger charge is -2.37. The number of piperidine rings is 1. The van der Waals surface area contributed by atoms with Crippen LogP contribution in [0.4, 0.5) is 5.82 Å². The van der Waals surface area contributed by atoms with Gasteiger partial charge in [-0.15, -0.1) is 0 Å². The second-order valence-corrected chi connectivity index (χ2v) is 6.42. The van der Waals surface area contributed by atoms with Gasteiger partial charge in [-0.1, -0.05) is 18.2 Å². The molecule has 0 N–H and O–H groups in total. The second kappa shape index (κ2) is 6.55. The molecule has 1 fully saturated rings. The molecular weight excluding hydrogens is 314 g/mol. The van der Waals surface area contributed by atoms with Crippen LogP contribution >= 0.6 is 0 Å². The Morgan fingerprint density at radius 3 is 2.64 bits per heavy atom. The highest BCUT2D eigenvalue weighted by molar-refractivity contribution is 5.94. The van der Waals surface area contributed by atoms with Crippen molar-refractivity contribution in [3.63, 3.8) is 0 Å². The van der Waals surface area contributed by atoms with E-state index >= 15 is 0 Å². The van der Waals surface area contributed by atoms with Crippen molar-refractivity contribution < 1.29 is 4.79 Å². The highest BCUT2D eigenvalue weighted by Crippen LogP contribution is 2.24. The van der Waals surface area contributed by atoms with Crippen LogP contribution in [0.15, 0.2) is 55.0 Å². The Hall–Kier alpha value is -2.89.